The standard InChI is InChI=1S/C10H8F5NO4/c1-18-8-5(9(17)19-2)6(20-10(13,14)15)4(3-16-8)7(11)12/h3,7H,1-2H3. The molecule has 0 saturated heterocycles. The Labute approximate surface area is 109 Å². The summed E-state index contributed by atoms with van der Waals surface area (Å²) in [6.45, 7) is 0. The van der Waals surface area contributed by atoms with E-state index >= 15 is 0 Å². The zero-order valence-electron chi connectivity index (χ0n) is 10.1. The van der Waals surface area contributed by atoms with Crippen molar-refractivity contribution < 1.29 is 41.0 Å². The van der Waals surface area contributed by atoms with Gasteiger partial charge in [-0.05, 0) is 0 Å². The molecule has 0 atom stereocenters. The van der Waals surface area contributed by atoms with Crippen LogP contribution in [0.4, 0.5) is 22.0 Å². The molecule has 112 valence electrons. The van der Waals surface area contributed by atoms with E-state index in [9.17, 15) is 26.7 Å². The van der Waals surface area contributed by atoms with Crippen LogP contribution in [0.15, 0.2) is 6.20 Å². The molecule has 1 aromatic rings. The summed E-state index contributed by atoms with van der Waals surface area (Å²) < 4.78 is 74.5. The molecule has 0 aliphatic carbocycles. The van der Waals surface area contributed by atoms with Gasteiger partial charge in [-0.15, -0.1) is 13.2 Å². The first-order chi connectivity index (χ1) is 9.21. The molecule has 0 fully saturated rings. The number of alkyl halides is 5. The van der Waals surface area contributed by atoms with Crippen molar-refractivity contribution in [3.05, 3.63) is 17.3 Å². The maximum atomic E-state index is 12.7. The van der Waals surface area contributed by atoms with Crippen molar-refractivity contribution in [2.24, 2.45) is 0 Å². The van der Waals surface area contributed by atoms with E-state index in [1.54, 1.807) is 0 Å². The van der Waals surface area contributed by atoms with Gasteiger partial charge in [0.05, 0.1) is 19.8 Å². The van der Waals surface area contributed by atoms with Gasteiger partial charge < -0.3 is 14.2 Å². The molecular formula is C10H8F5NO4. The highest BCUT2D eigenvalue weighted by molar-refractivity contribution is 5.95. The van der Waals surface area contributed by atoms with Crippen LogP contribution in [0.5, 0.6) is 11.6 Å². The Kier molecular flexibility index (Phi) is 4.69. The van der Waals surface area contributed by atoms with Crippen molar-refractivity contribution in [2.75, 3.05) is 14.2 Å². The predicted molar refractivity (Wildman–Crippen MR) is 53.8 cm³/mol. The van der Waals surface area contributed by atoms with Gasteiger partial charge in [0.25, 0.3) is 6.43 Å². The molecule has 1 aromatic heterocycles. The molecule has 0 aromatic carbocycles. The Morgan fingerprint density at radius 1 is 1.30 bits per heavy atom. The Balaban J connectivity index is 3.56. The van der Waals surface area contributed by atoms with Crippen LogP contribution in [-0.2, 0) is 4.74 Å². The van der Waals surface area contributed by atoms with Crippen molar-refractivity contribution in [1.82, 2.24) is 4.98 Å². The number of ether oxygens (including phenoxy) is 3. The first kappa shape index (κ1) is 15.9. The van der Waals surface area contributed by atoms with Crippen molar-refractivity contribution >= 4 is 5.97 Å². The smallest absolute Gasteiger partial charge is 0.480 e. The number of pyridine rings is 1. The number of aromatic nitrogens is 1. The monoisotopic (exact) mass is 301 g/mol. The summed E-state index contributed by atoms with van der Waals surface area (Å²) in [5, 5.41) is 0. The summed E-state index contributed by atoms with van der Waals surface area (Å²) in [5.74, 6) is -3.37. The normalized spacial score (nSPS) is 11.4. The van der Waals surface area contributed by atoms with E-state index in [2.05, 4.69) is 19.2 Å². The lowest BCUT2D eigenvalue weighted by molar-refractivity contribution is -0.275. The van der Waals surface area contributed by atoms with Crippen LogP contribution in [0, 0.1) is 0 Å². The van der Waals surface area contributed by atoms with Crippen LogP contribution in [0.1, 0.15) is 22.3 Å². The second-order valence-electron chi connectivity index (χ2n) is 3.27. The minimum atomic E-state index is -5.28. The van der Waals surface area contributed by atoms with Gasteiger partial charge in [0.1, 0.15) is 0 Å². The van der Waals surface area contributed by atoms with Crippen molar-refractivity contribution in [3.8, 4) is 11.6 Å². The summed E-state index contributed by atoms with van der Waals surface area (Å²) in [6.07, 6.45) is -8.19. The molecule has 0 spiro atoms. The minimum absolute atomic E-state index is 0.428. The number of nitrogens with zero attached hydrogens (tertiary/aromatic N) is 1. The second-order valence-corrected chi connectivity index (χ2v) is 3.27. The third-order valence-corrected chi connectivity index (χ3v) is 2.06. The first-order valence-electron chi connectivity index (χ1n) is 4.90. The maximum absolute atomic E-state index is 12.7. The van der Waals surface area contributed by atoms with Gasteiger partial charge in [-0.25, -0.2) is 18.6 Å². The van der Waals surface area contributed by atoms with Gasteiger partial charge in [0.2, 0.25) is 5.88 Å². The van der Waals surface area contributed by atoms with E-state index in [1.165, 1.54) is 0 Å². The molecular weight excluding hydrogens is 293 g/mol. The first-order valence-corrected chi connectivity index (χ1v) is 4.90. The lowest BCUT2D eigenvalue weighted by atomic mass is 10.1. The fraction of sp³-hybridized carbons (Fsp3) is 0.400. The predicted octanol–water partition coefficient (Wildman–Crippen LogP) is 2.71. The molecule has 0 radical (unpaired) electrons. The third-order valence-electron chi connectivity index (χ3n) is 2.06. The number of methoxy groups -OCH3 is 2. The molecule has 0 saturated carbocycles. The fourth-order valence-corrected chi connectivity index (χ4v) is 1.31. The van der Waals surface area contributed by atoms with Crippen LogP contribution < -0.4 is 9.47 Å². The summed E-state index contributed by atoms with van der Waals surface area (Å²) in [6, 6.07) is 0. The Hall–Kier alpha value is -2.13. The maximum Gasteiger partial charge on any atom is 0.573 e. The van der Waals surface area contributed by atoms with E-state index in [1.807, 2.05) is 0 Å². The molecule has 10 heteroatoms. The summed E-state index contributed by atoms with van der Waals surface area (Å²) in [4.78, 5) is 14.8. The van der Waals surface area contributed by atoms with E-state index < -0.39 is 41.5 Å². The summed E-state index contributed by atoms with van der Waals surface area (Å²) in [7, 11) is 1.85. The number of halogens is 5. The van der Waals surface area contributed by atoms with E-state index in [0.717, 1.165) is 14.2 Å². The molecule has 0 aliphatic heterocycles. The van der Waals surface area contributed by atoms with E-state index in [0.29, 0.717) is 6.20 Å². The Morgan fingerprint density at radius 2 is 1.90 bits per heavy atom. The second kappa shape index (κ2) is 5.88. The molecule has 0 amide bonds. The molecule has 1 heterocycles. The van der Waals surface area contributed by atoms with Crippen LogP contribution in [0.25, 0.3) is 0 Å². The summed E-state index contributed by atoms with van der Waals surface area (Å²) in [5.41, 5.74) is -2.17. The third kappa shape index (κ3) is 3.45. The number of esters is 1. The van der Waals surface area contributed by atoms with Gasteiger partial charge in [-0.3, -0.25) is 0 Å². The van der Waals surface area contributed by atoms with Gasteiger partial charge in [-0.1, -0.05) is 0 Å². The highest BCUT2D eigenvalue weighted by Crippen LogP contribution is 2.39. The van der Waals surface area contributed by atoms with Gasteiger partial charge in [0.15, 0.2) is 11.3 Å². The zero-order valence-corrected chi connectivity index (χ0v) is 10.1. The average molecular weight is 301 g/mol. The topological polar surface area (TPSA) is 57.7 Å². The molecule has 0 bridgehead atoms. The summed E-state index contributed by atoms with van der Waals surface area (Å²) >= 11 is 0. The Bertz CT molecular complexity index is 503. The van der Waals surface area contributed by atoms with E-state index in [4.69, 9.17) is 0 Å². The zero-order chi connectivity index (χ0) is 15.5. The molecule has 20 heavy (non-hydrogen) atoms. The number of hydrogen-bond acceptors (Lipinski definition) is 5. The lowest BCUT2D eigenvalue weighted by Gasteiger charge is -2.17. The molecule has 1 rings (SSSR count). The Morgan fingerprint density at radius 3 is 2.30 bits per heavy atom. The highest BCUT2D eigenvalue weighted by Gasteiger charge is 2.38. The molecule has 0 unspecified atom stereocenters. The number of carbonyl (C=O) groups is 1. The van der Waals surface area contributed by atoms with Crippen molar-refractivity contribution in [2.45, 2.75) is 12.8 Å². The number of rotatable bonds is 4. The van der Waals surface area contributed by atoms with E-state index in [-0.39, 0.29) is 0 Å². The van der Waals surface area contributed by atoms with Gasteiger partial charge in [0, 0.05) is 6.20 Å². The average Bonchev–Trinajstić information content (AvgIpc) is 2.34. The van der Waals surface area contributed by atoms with Crippen LogP contribution in [0.2, 0.25) is 0 Å². The van der Waals surface area contributed by atoms with Gasteiger partial charge in [-0.2, -0.15) is 0 Å². The largest absolute Gasteiger partial charge is 0.573 e. The van der Waals surface area contributed by atoms with Crippen molar-refractivity contribution in [3.63, 3.8) is 0 Å². The highest BCUT2D eigenvalue weighted by atomic mass is 19.4. The molecule has 0 aliphatic rings. The van der Waals surface area contributed by atoms with Gasteiger partial charge >= 0.3 is 12.3 Å². The fourth-order valence-electron chi connectivity index (χ4n) is 1.31. The quantitative estimate of drug-likeness (QED) is 0.632. The molecule has 0 N–H and O–H groups in total. The van der Waals surface area contributed by atoms with Crippen LogP contribution in [0.3, 0.4) is 0 Å². The van der Waals surface area contributed by atoms with Crippen molar-refractivity contribution in [1.29, 1.82) is 0 Å². The number of carbonyl (C=O) groups excluding carboxylic acids is 1. The molecule has 5 nitrogen and oxygen atoms in total. The van der Waals surface area contributed by atoms with Crippen LogP contribution >= 0.6 is 0 Å². The minimum Gasteiger partial charge on any atom is -0.480 e. The SMILES string of the molecule is COC(=O)c1c(OC)ncc(C(F)F)c1OC(F)(F)F. The van der Waals surface area contributed by atoms with Crippen LogP contribution in [-0.4, -0.2) is 31.5 Å². The number of hydrogen-bond donors (Lipinski definition) is 0. The lowest BCUT2D eigenvalue weighted by Crippen LogP contribution is -2.21.